The largest absolute Gasteiger partial charge is 0.368 e. The summed E-state index contributed by atoms with van der Waals surface area (Å²) in [7, 11) is 2.22. The van der Waals surface area contributed by atoms with Crippen LogP contribution in [0.1, 0.15) is 26.8 Å². The van der Waals surface area contributed by atoms with Crippen LogP contribution in [0, 0.1) is 6.92 Å². The number of benzene rings is 1. The molecular weight excluding hydrogens is 208 g/mol. The lowest BCUT2D eigenvalue weighted by molar-refractivity contribution is 0.170. The summed E-state index contributed by atoms with van der Waals surface area (Å²) in [6, 6.07) is 10.1. The maximum atomic E-state index is 2.49. The van der Waals surface area contributed by atoms with Crippen LogP contribution in [-0.4, -0.2) is 37.1 Å². The first-order chi connectivity index (χ1) is 7.58. The quantitative estimate of drug-likeness (QED) is 0.736. The van der Waals surface area contributed by atoms with Crippen molar-refractivity contribution < 1.29 is 0 Å². The number of hydrogen-bond acceptors (Lipinski definition) is 2. The molecule has 0 spiro atoms. The van der Waals surface area contributed by atoms with Crippen LogP contribution in [-0.2, 0) is 0 Å². The predicted octanol–water partition coefficient (Wildman–Crippen LogP) is 3.16. The summed E-state index contributed by atoms with van der Waals surface area (Å²) in [6.07, 6.45) is 0. The van der Waals surface area contributed by atoms with Gasteiger partial charge in [-0.25, -0.2) is 0 Å². The number of anilines is 1. The molecule has 96 valence electrons. The fourth-order valence-corrected chi connectivity index (χ4v) is 2.37. The molecule has 1 heterocycles. The van der Waals surface area contributed by atoms with Crippen LogP contribution in [0.4, 0.5) is 5.69 Å². The summed E-state index contributed by atoms with van der Waals surface area (Å²) in [5.74, 6) is 0. The second-order valence-electron chi connectivity index (χ2n) is 5.10. The average molecular weight is 234 g/mol. The number of aryl methyl sites for hydroxylation is 1. The molecule has 0 aromatic heterocycles. The molecule has 1 aromatic carbocycles. The molecule has 1 aromatic rings. The molecule has 1 saturated heterocycles. The van der Waals surface area contributed by atoms with Gasteiger partial charge in [0.15, 0.2) is 0 Å². The number of hydrogen-bond donors (Lipinski definition) is 0. The van der Waals surface area contributed by atoms with Gasteiger partial charge in [-0.1, -0.05) is 25.1 Å². The molecule has 2 atom stereocenters. The van der Waals surface area contributed by atoms with Crippen molar-refractivity contribution in [1.82, 2.24) is 4.90 Å². The fraction of sp³-hybridized carbons (Fsp3) is 0.600. The molecule has 0 bridgehead atoms. The molecule has 2 heteroatoms. The van der Waals surface area contributed by atoms with Gasteiger partial charge in [0, 0.05) is 30.9 Å². The van der Waals surface area contributed by atoms with E-state index in [0.29, 0.717) is 12.1 Å². The number of piperazine rings is 1. The van der Waals surface area contributed by atoms with E-state index in [1.54, 1.807) is 0 Å². The second-order valence-corrected chi connectivity index (χ2v) is 5.10. The van der Waals surface area contributed by atoms with Gasteiger partial charge in [0.25, 0.3) is 0 Å². The molecule has 0 aliphatic carbocycles. The van der Waals surface area contributed by atoms with E-state index in [9.17, 15) is 0 Å². The van der Waals surface area contributed by atoms with Crippen molar-refractivity contribution in [3.8, 4) is 0 Å². The Kier molecular flexibility index (Phi) is 4.58. The van der Waals surface area contributed by atoms with E-state index in [1.807, 2.05) is 0 Å². The van der Waals surface area contributed by atoms with E-state index in [4.69, 9.17) is 0 Å². The topological polar surface area (TPSA) is 6.48 Å². The molecule has 1 aliphatic heterocycles. The summed E-state index contributed by atoms with van der Waals surface area (Å²) in [5, 5.41) is 0. The Hall–Kier alpha value is -1.02. The summed E-state index contributed by atoms with van der Waals surface area (Å²) >= 11 is 0. The lowest BCUT2D eigenvalue weighted by atomic mass is 10.1. The zero-order valence-electron chi connectivity index (χ0n) is 10.8. The Balaban J connectivity index is 0.00000144. The van der Waals surface area contributed by atoms with E-state index >= 15 is 0 Å². The molecule has 0 saturated carbocycles. The summed E-state index contributed by atoms with van der Waals surface area (Å²) in [6.45, 7) is 9.00. The van der Waals surface area contributed by atoms with Crippen molar-refractivity contribution in [3.05, 3.63) is 29.8 Å². The maximum absolute atomic E-state index is 2.49. The van der Waals surface area contributed by atoms with E-state index in [2.05, 4.69) is 61.9 Å². The zero-order chi connectivity index (χ0) is 11.7. The highest BCUT2D eigenvalue weighted by Crippen LogP contribution is 2.21. The van der Waals surface area contributed by atoms with Crippen molar-refractivity contribution in [2.75, 3.05) is 25.0 Å². The first kappa shape index (κ1) is 14.0. The number of rotatable bonds is 1. The van der Waals surface area contributed by atoms with Gasteiger partial charge < -0.3 is 4.90 Å². The summed E-state index contributed by atoms with van der Waals surface area (Å²) in [4.78, 5) is 4.96. The summed E-state index contributed by atoms with van der Waals surface area (Å²) < 4.78 is 0. The minimum Gasteiger partial charge on any atom is -0.368 e. The van der Waals surface area contributed by atoms with Crippen LogP contribution in [0.15, 0.2) is 24.3 Å². The highest BCUT2D eigenvalue weighted by atomic mass is 15.3. The van der Waals surface area contributed by atoms with Crippen molar-refractivity contribution >= 4 is 5.69 Å². The monoisotopic (exact) mass is 234 g/mol. The molecule has 17 heavy (non-hydrogen) atoms. The molecule has 0 N–H and O–H groups in total. The van der Waals surface area contributed by atoms with Gasteiger partial charge in [-0.05, 0) is 40.0 Å². The van der Waals surface area contributed by atoms with Crippen LogP contribution in [0.25, 0.3) is 0 Å². The lowest BCUT2D eigenvalue weighted by Gasteiger charge is -2.43. The molecule has 0 amide bonds. The van der Waals surface area contributed by atoms with Gasteiger partial charge >= 0.3 is 0 Å². The normalized spacial score (nSPS) is 25.5. The third kappa shape index (κ3) is 3.01. The van der Waals surface area contributed by atoms with Gasteiger partial charge in [0.2, 0.25) is 0 Å². The predicted molar refractivity (Wildman–Crippen MR) is 76.8 cm³/mol. The third-order valence-electron chi connectivity index (χ3n) is 3.76. The Morgan fingerprint density at radius 1 is 1.00 bits per heavy atom. The highest BCUT2D eigenvalue weighted by Gasteiger charge is 2.26. The van der Waals surface area contributed by atoms with Crippen molar-refractivity contribution in [3.63, 3.8) is 0 Å². The smallest absolute Gasteiger partial charge is 0.0367 e. The van der Waals surface area contributed by atoms with E-state index in [1.165, 1.54) is 11.3 Å². The molecule has 1 fully saturated rings. The lowest BCUT2D eigenvalue weighted by Crippen LogP contribution is -2.55. The van der Waals surface area contributed by atoms with Gasteiger partial charge in [-0.3, -0.25) is 4.90 Å². The highest BCUT2D eigenvalue weighted by molar-refractivity contribution is 5.48. The van der Waals surface area contributed by atoms with Gasteiger partial charge in [-0.2, -0.15) is 0 Å². The van der Waals surface area contributed by atoms with Crippen LogP contribution in [0.2, 0.25) is 0 Å². The first-order valence-corrected chi connectivity index (χ1v) is 6.11. The SMILES string of the molecule is C.Cc1ccc(N2CC(C)N(C)C(C)C2)cc1. The zero-order valence-corrected chi connectivity index (χ0v) is 10.8. The molecular formula is C15H26N2. The minimum atomic E-state index is 0. The Morgan fingerprint density at radius 3 is 1.94 bits per heavy atom. The van der Waals surface area contributed by atoms with Gasteiger partial charge in [0.1, 0.15) is 0 Å². The minimum absolute atomic E-state index is 0. The molecule has 0 radical (unpaired) electrons. The third-order valence-corrected chi connectivity index (χ3v) is 3.76. The molecule has 2 nitrogen and oxygen atoms in total. The van der Waals surface area contributed by atoms with E-state index in [-0.39, 0.29) is 7.43 Å². The summed E-state index contributed by atoms with van der Waals surface area (Å²) in [5.41, 5.74) is 2.69. The van der Waals surface area contributed by atoms with Crippen molar-refractivity contribution in [1.29, 1.82) is 0 Å². The second kappa shape index (κ2) is 5.54. The Bertz CT molecular complexity index is 332. The standard InChI is InChI=1S/C14H22N2.CH4/c1-11-5-7-14(8-6-11)16-9-12(2)15(4)13(3)10-16;/h5-8,12-13H,9-10H2,1-4H3;1H4. The average Bonchev–Trinajstić information content (AvgIpc) is 2.26. The molecule has 2 rings (SSSR count). The van der Waals surface area contributed by atoms with E-state index < -0.39 is 0 Å². The maximum Gasteiger partial charge on any atom is 0.0367 e. The van der Waals surface area contributed by atoms with Crippen LogP contribution in [0.5, 0.6) is 0 Å². The Morgan fingerprint density at radius 2 is 1.47 bits per heavy atom. The van der Waals surface area contributed by atoms with E-state index in [0.717, 1.165) is 13.1 Å². The van der Waals surface area contributed by atoms with Crippen LogP contribution >= 0.6 is 0 Å². The number of likely N-dealkylation sites (N-methyl/N-ethyl adjacent to an activating group) is 1. The fourth-order valence-electron chi connectivity index (χ4n) is 2.37. The van der Waals surface area contributed by atoms with Crippen molar-refractivity contribution in [2.45, 2.75) is 40.3 Å². The van der Waals surface area contributed by atoms with Crippen LogP contribution < -0.4 is 4.90 Å². The van der Waals surface area contributed by atoms with Gasteiger partial charge in [0.05, 0.1) is 0 Å². The molecule has 1 aliphatic rings. The van der Waals surface area contributed by atoms with Gasteiger partial charge in [-0.15, -0.1) is 0 Å². The molecule has 2 unspecified atom stereocenters. The van der Waals surface area contributed by atoms with Crippen molar-refractivity contribution in [2.24, 2.45) is 0 Å². The first-order valence-electron chi connectivity index (χ1n) is 6.11. The Labute approximate surface area is 106 Å². The van der Waals surface area contributed by atoms with Crippen LogP contribution in [0.3, 0.4) is 0 Å². The number of nitrogens with zero attached hydrogens (tertiary/aromatic N) is 2.